The number of hydrogen-bond acceptors (Lipinski definition) is 3. The molecule has 1 amide bonds. The first-order valence-electron chi connectivity index (χ1n) is 9.20. The topological polar surface area (TPSA) is 53.3 Å². The van der Waals surface area contributed by atoms with Gasteiger partial charge in [-0.05, 0) is 69.1 Å². The Labute approximate surface area is 151 Å². The predicted molar refractivity (Wildman–Crippen MR) is 99.5 cm³/mol. The van der Waals surface area contributed by atoms with E-state index in [1.807, 2.05) is 26.8 Å². The third-order valence-electron chi connectivity index (χ3n) is 4.47. The predicted octanol–water partition coefficient (Wildman–Crippen LogP) is 4.87. The minimum Gasteiger partial charge on any atom is -0.444 e. The van der Waals surface area contributed by atoms with Crippen molar-refractivity contribution in [1.29, 1.82) is 5.26 Å². The molecule has 2 rings (SSSR count). The van der Waals surface area contributed by atoms with Crippen molar-refractivity contribution in [2.75, 3.05) is 13.1 Å². The average Bonchev–Trinajstić information content (AvgIpc) is 2.53. The van der Waals surface area contributed by atoms with Gasteiger partial charge in [0.25, 0.3) is 0 Å². The second-order valence-electron chi connectivity index (χ2n) is 8.37. The van der Waals surface area contributed by atoms with Crippen LogP contribution in [0.1, 0.15) is 70.1 Å². The lowest BCUT2D eigenvalue weighted by atomic mass is 9.85. The van der Waals surface area contributed by atoms with Crippen molar-refractivity contribution in [1.82, 2.24) is 4.90 Å². The molecule has 0 aliphatic carbocycles. The molecule has 1 saturated heterocycles. The van der Waals surface area contributed by atoms with Crippen LogP contribution in [0.3, 0.4) is 0 Å². The third kappa shape index (κ3) is 5.49. The maximum absolute atomic E-state index is 12.2. The lowest BCUT2D eigenvalue weighted by molar-refractivity contribution is 0.0205. The number of rotatable bonds is 3. The summed E-state index contributed by atoms with van der Waals surface area (Å²) in [5.41, 5.74) is 2.74. The molecule has 0 N–H and O–H groups in total. The highest BCUT2D eigenvalue weighted by molar-refractivity contribution is 5.68. The Morgan fingerprint density at radius 3 is 2.48 bits per heavy atom. The highest BCUT2D eigenvalue weighted by Crippen LogP contribution is 2.32. The maximum atomic E-state index is 12.2. The molecule has 1 aromatic rings. The van der Waals surface area contributed by atoms with E-state index >= 15 is 0 Å². The summed E-state index contributed by atoms with van der Waals surface area (Å²) in [4.78, 5) is 14.0. The van der Waals surface area contributed by atoms with Gasteiger partial charge in [0.1, 0.15) is 5.60 Å². The van der Waals surface area contributed by atoms with Gasteiger partial charge in [0.15, 0.2) is 0 Å². The van der Waals surface area contributed by atoms with Crippen molar-refractivity contribution in [3.8, 4) is 6.07 Å². The minimum absolute atomic E-state index is 0.236. The Hall–Kier alpha value is -2.02. The molecule has 0 saturated carbocycles. The second kappa shape index (κ2) is 7.91. The number of nitrogens with zero attached hydrogens (tertiary/aromatic N) is 2. The van der Waals surface area contributed by atoms with Gasteiger partial charge < -0.3 is 9.64 Å². The Morgan fingerprint density at radius 2 is 1.96 bits per heavy atom. The fourth-order valence-corrected chi connectivity index (χ4v) is 3.35. The quantitative estimate of drug-likeness (QED) is 0.787. The molecule has 0 atom stereocenters. The molecule has 0 aromatic heterocycles. The smallest absolute Gasteiger partial charge is 0.410 e. The van der Waals surface area contributed by atoms with E-state index in [1.54, 1.807) is 4.90 Å². The number of nitriles is 1. The molecule has 0 spiro atoms. The molecule has 25 heavy (non-hydrogen) atoms. The molecular weight excluding hydrogens is 312 g/mol. The van der Waals surface area contributed by atoms with Crippen molar-refractivity contribution in [2.45, 2.75) is 65.4 Å². The summed E-state index contributed by atoms with van der Waals surface area (Å²) in [5.74, 6) is 0.926. The molecule has 136 valence electrons. The number of likely N-dealkylation sites (tertiary alicyclic amines) is 1. The van der Waals surface area contributed by atoms with Crippen molar-refractivity contribution in [3.05, 3.63) is 34.9 Å². The molecule has 1 aromatic carbocycles. The molecule has 0 unspecified atom stereocenters. The van der Waals surface area contributed by atoms with E-state index in [4.69, 9.17) is 4.74 Å². The Morgan fingerprint density at radius 1 is 1.32 bits per heavy atom. The van der Waals surface area contributed by atoms with E-state index in [9.17, 15) is 10.1 Å². The number of amides is 1. The summed E-state index contributed by atoms with van der Waals surface area (Å²) >= 11 is 0. The zero-order chi connectivity index (χ0) is 18.6. The summed E-state index contributed by atoms with van der Waals surface area (Å²) in [7, 11) is 0. The van der Waals surface area contributed by atoms with Crippen LogP contribution in [-0.4, -0.2) is 29.7 Å². The van der Waals surface area contributed by atoms with Crippen molar-refractivity contribution < 1.29 is 9.53 Å². The molecule has 1 aliphatic rings. The lowest BCUT2D eigenvalue weighted by Crippen LogP contribution is -2.41. The zero-order valence-corrected chi connectivity index (χ0v) is 16.1. The van der Waals surface area contributed by atoms with Gasteiger partial charge in [-0.2, -0.15) is 5.26 Å². The SMILES string of the molecule is CC(C)Cc1ccc(C#N)c(C2CCN(C(=O)OC(C)(C)C)CC2)c1. The van der Waals surface area contributed by atoms with Crippen LogP contribution in [0.15, 0.2) is 18.2 Å². The van der Waals surface area contributed by atoms with E-state index in [0.717, 1.165) is 30.4 Å². The molecule has 0 bridgehead atoms. The first kappa shape index (κ1) is 19.3. The molecule has 4 heteroatoms. The fourth-order valence-electron chi connectivity index (χ4n) is 3.35. The summed E-state index contributed by atoms with van der Waals surface area (Å²) in [5, 5.41) is 9.46. The molecule has 1 aliphatic heterocycles. The van der Waals surface area contributed by atoms with Crippen LogP contribution in [0.4, 0.5) is 4.79 Å². The summed E-state index contributed by atoms with van der Waals surface area (Å²) in [6.45, 7) is 11.4. The van der Waals surface area contributed by atoms with E-state index in [2.05, 4.69) is 32.0 Å². The Bertz CT molecular complexity index is 645. The fraction of sp³-hybridized carbons (Fsp3) is 0.619. The van der Waals surface area contributed by atoms with Crippen molar-refractivity contribution >= 4 is 6.09 Å². The molecule has 0 radical (unpaired) electrons. The van der Waals surface area contributed by atoms with Gasteiger partial charge >= 0.3 is 6.09 Å². The molecule has 1 fully saturated rings. The highest BCUT2D eigenvalue weighted by atomic mass is 16.6. The lowest BCUT2D eigenvalue weighted by Gasteiger charge is -2.34. The highest BCUT2D eigenvalue weighted by Gasteiger charge is 2.28. The zero-order valence-electron chi connectivity index (χ0n) is 16.1. The first-order chi connectivity index (χ1) is 11.7. The number of benzene rings is 1. The van der Waals surface area contributed by atoms with Gasteiger partial charge in [-0.3, -0.25) is 0 Å². The summed E-state index contributed by atoms with van der Waals surface area (Å²) in [6.07, 6.45) is 2.54. The molecule has 1 heterocycles. The van der Waals surface area contributed by atoms with Gasteiger partial charge in [0.05, 0.1) is 11.6 Å². The van der Waals surface area contributed by atoms with Gasteiger partial charge in [-0.15, -0.1) is 0 Å². The number of hydrogen-bond donors (Lipinski definition) is 0. The third-order valence-corrected chi connectivity index (χ3v) is 4.47. The molecular formula is C21H30N2O2. The van der Waals surface area contributed by atoms with Crippen molar-refractivity contribution in [2.24, 2.45) is 5.92 Å². The van der Waals surface area contributed by atoms with Crippen LogP contribution in [0, 0.1) is 17.2 Å². The van der Waals surface area contributed by atoms with Gasteiger partial charge in [-0.25, -0.2) is 4.79 Å². The monoisotopic (exact) mass is 342 g/mol. The van der Waals surface area contributed by atoms with Crippen molar-refractivity contribution in [3.63, 3.8) is 0 Å². The maximum Gasteiger partial charge on any atom is 0.410 e. The van der Waals surface area contributed by atoms with E-state index in [1.165, 1.54) is 5.56 Å². The number of carbonyl (C=O) groups excluding carboxylic acids is 1. The standard InChI is InChI=1S/C21H30N2O2/c1-15(2)12-16-6-7-18(14-22)19(13-16)17-8-10-23(11-9-17)20(24)25-21(3,4)5/h6-7,13,15,17H,8-12H2,1-5H3. The van der Waals surface area contributed by atoms with E-state index in [-0.39, 0.29) is 6.09 Å². The van der Waals surface area contributed by atoms with Crippen LogP contribution in [0.25, 0.3) is 0 Å². The van der Waals surface area contributed by atoms with Crippen LogP contribution >= 0.6 is 0 Å². The number of ether oxygens (including phenoxy) is 1. The van der Waals surface area contributed by atoms with E-state index < -0.39 is 5.60 Å². The largest absolute Gasteiger partial charge is 0.444 e. The van der Waals surface area contributed by atoms with Gasteiger partial charge in [0.2, 0.25) is 0 Å². The summed E-state index contributed by atoms with van der Waals surface area (Å²) < 4.78 is 5.46. The second-order valence-corrected chi connectivity index (χ2v) is 8.37. The van der Waals surface area contributed by atoms with Crippen LogP contribution in [0.5, 0.6) is 0 Å². The minimum atomic E-state index is -0.465. The first-order valence-corrected chi connectivity index (χ1v) is 9.20. The van der Waals surface area contributed by atoms with Crippen LogP contribution in [-0.2, 0) is 11.2 Å². The Kier molecular flexibility index (Phi) is 6.11. The van der Waals surface area contributed by atoms with Crippen LogP contribution in [0.2, 0.25) is 0 Å². The summed E-state index contributed by atoms with van der Waals surface area (Å²) in [6, 6.07) is 8.55. The average molecular weight is 342 g/mol. The van der Waals surface area contributed by atoms with Gasteiger partial charge in [0, 0.05) is 13.1 Å². The van der Waals surface area contributed by atoms with Crippen LogP contribution < -0.4 is 0 Å². The van der Waals surface area contributed by atoms with Gasteiger partial charge in [-0.1, -0.05) is 26.0 Å². The Balaban J connectivity index is 2.07. The number of carbonyl (C=O) groups is 1. The normalized spacial score (nSPS) is 16.0. The van der Waals surface area contributed by atoms with E-state index in [0.29, 0.717) is 24.9 Å². The number of piperidine rings is 1. The molecule has 4 nitrogen and oxygen atoms in total.